The number of benzene rings is 4. The first kappa shape index (κ1) is 24.9. The van der Waals surface area contributed by atoms with Crippen LogP contribution in [0.25, 0.3) is 11.0 Å². The lowest BCUT2D eigenvalue weighted by molar-refractivity contribution is -0.142. The van der Waals surface area contributed by atoms with Crippen LogP contribution in [0.3, 0.4) is 0 Å². The summed E-state index contributed by atoms with van der Waals surface area (Å²) in [5.74, 6) is -0.469. The highest BCUT2D eigenvalue weighted by Crippen LogP contribution is 2.27. The Morgan fingerprint density at radius 3 is 2.18 bits per heavy atom. The third kappa shape index (κ3) is 5.62. The molecule has 7 heteroatoms. The third-order valence-electron chi connectivity index (χ3n) is 6.57. The van der Waals surface area contributed by atoms with E-state index in [1.54, 1.807) is 9.58 Å². The van der Waals surface area contributed by atoms with E-state index < -0.39 is 6.04 Å². The lowest BCUT2D eigenvalue weighted by Gasteiger charge is -2.32. The number of nitrogens with one attached hydrogen (secondary N) is 1. The molecular weight excluding hydrogens is 474 g/mol. The normalized spacial score (nSPS) is 11.7. The highest BCUT2D eigenvalue weighted by Gasteiger charge is 2.33. The molecule has 0 bridgehead atoms. The molecule has 0 saturated heterocycles. The molecule has 5 aromatic rings. The fraction of sp³-hybridized carbons (Fsp3) is 0.161. The second kappa shape index (κ2) is 11.5. The van der Waals surface area contributed by atoms with Gasteiger partial charge in [-0.3, -0.25) is 9.59 Å². The molecule has 1 aromatic heterocycles. The van der Waals surface area contributed by atoms with E-state index in [1.165, 1.54) is 0 Å². The van der Waals surface area contributed by atoms with Crippen molar-refractivity contribution >= 4 is 22.8 Å². The number of fused-ring (bicyclic) bond motifs is 1. The first-order chi connectivity index (χ1) is 18.6. The Morgan fingerprint density at radius 2 is 1.45 bits per heavy atom. The number of rotatable bonds is 9. The first-order valence-corrected chi connectivity index (χ1v) is 12.6. The van der Waals surface area contributed by atoms with Crippen LogP contribution < -0.4 is 5.32 Å². The number of hydrogen-bond acceptors (Lipinski definition) is 4. The van der Waals surface area contributed by atoms with E-state index in [9.17, 15) is 9.59 Å². The van der Waals surface area contributed by atoms with Crippen molar-refractivity contribution in [1.82, 2.24) is 25.2 Å². The topological polar surface area (TPSA) is 80.1 Å². The summed E-state index contributed by atoms with van der Waals surface area (Å²) < 4.78 is 1.59. The lowest BCUT2D eigenvalue weighted by atomic mass is 9.98. The van der Waals surface area contributed by atoms with Crippen molar-refractivity contribution < 1.29 is 9.59 Å². The number of hydrogen-bond donors (Lipinski definition) is 1. The Morgan fingerprint density at radius 1 is 0.816 bits per heavy atom. The van der Waals surface area contributed by atoms with Gasteiger partial charge in [0.25, 0.3) is 0 Å². The summed E-state index contributed by atoms with van der Waals surface area (Å²) in [7, 11) is 0. The number of para-hydroxylation sites is 1. The molecule has 2 amide bonds. The Balaban J connectivity index is 1.52. The molecule has 0 spiro atoms. The fourth-order valence-electron chi connectivity index (χ4n) is 4.58. The fourth-order valence-corrected chi connectivity index (χ4v) is 4.58. The van der Waals surface area contributed by atoms with Gasteiger partial charge in [0.1, 0.15) is 18.1 Å². The average molecular weight is 504 g/mol. The van der Waals surface area contributed by atoms with E-state index in [0.717, 1.165) is 27.8 Å². The zero-order chi connectivity index (χ0) is 26.3. The van der Waals surface area contributed by atoms with Gasteiger partial charge in [-0.2, -0.15) is 0 Å². The van der Waals surface area contributed by atoms with Gasteiger partial charge < -0.3 is 10.2 Å². The summed E-state index contributed by atoms with van der Waals surface area (Å²) in [6.07, 6.45) is 0. The maximum atomic E-state index is 14.0. The Hall–Kier alpha value is -4.78. The van der Waals surface area contributed by atoms with Crippen molar-refractivity contribution in [1.29, 1.82) is 0 Å². The van der Waals surface area contributed by atoms with Gasteiger partial charge in [-0.1, -0.05) is 102 Å². The van der Waals surface area contributed by atoms with Gasteiger partial charge in [-0.25, -0.2) is 4.68 Å². The van der Waals surface area contributed by atoms with Crippen LogP contribution in [0.4, 0.5) is 0 Å². The minimum absolute atomic E-state index is 0.0400. The van der Waals surface area contributed by atoms with E-state index in [1.807, 2.05) is 116 Å². The Labute approximate surface area is 221 Å². The van der Waals surface area contributed by atoms with Gasteiger partial charge in [0.2, 0.25) is 11.8 Å². The molecule has 0 radical (unpaired) electrons. The lowest BCUT2D eigenvalue weighted by Crippen LogP contribution is -2.44. The van der Waals surface area contributed by atoms with Crippen molar-refractivity contribution in [2.24, 2.45) is 0 Å². The first-order valence-electron chi connectivity index (χ1n) is 12.6. The molecule has 1 atom stereocenters. The van der Waals surface area contributed by atoms with Crippen molar-refractivity contribution in [2.45, 2.75) is 32.6 Å². The van der Waals surface area contributed by atoms with Gasteiger partial charge in [0, 0.05) is 13.1 Å². The van der Waals surface area contributed by atoms with E-state index in [2.05, 4.69) is 15.6 Å². The maximum Gasteiger partial charge on any atom is 0.247 e. The van der Waals surface area contributed by atoms with Crippen LogP contribution in [-0.4, -0.2) is 31.7 Å². The highest BCUT2D eigenvalue weighted by molar-refractivity contribution is 5.89. The van der Waals surface area contributed by atoms with E-state index >= 15 is 0 Å². The van der Waals surface area contributed by atoms with Gasteiger partial charge in [-0.15, -0.1) is 5.10 Å². The Kier molecular flexibility index (Phi) is 7.54. The smallest absolute Gasteiger partial charge is 0.247 e. The summed E-state index contributed by atoms with van der Waals surface area (Å²) in [6.45, 7) is 2.55. The van der Waals surface area contributed by atoms with Gasteiger partial charge in [0.15, 0.2) is 0 Å². The molecule has 1 unspecified atom stereocenters. The number of carbonyl (C=O) groups is 2. The molecule has 0 aliphatic rings. The molecule has 0 saturated carbocycles. The van der Waals surface area contributed by atoms with Crippen LogP contribution >= 0.6 is 0 Å². The standard InChI is InChI=1S/C31H29N5O2/c1-23-12-8-9-17-26(23)30(31(38)32-20-24-13-4-2-5-14-24)35(21-25-15-6-3-7-16-25)29(37)22-36-28-19-11-10-18-27(28)33-34-36/h2-19,30H,20-22H2,1H3,(H,32,38). The van der Waals surface area contributed by atoms with E-state index in [-0.39, 0.29) is 24.9 Å². The Bertz CT molecular complexity index is 1530. The summed E-state index contributed by atoms with van der Waals surface area (Å²) in [6, 6.07) is 33.9. The quantitative estimate of drug-likeness (QED) is 0.313. The molecule has 4 aromatic carbocycles. The maximum absolute atomic E-state index is 14.0. The molecule has 1 N–H and O–H groups in total. The minimum Gasteiger partial charge on any atom is -0.350 e. The monoisotopic (exact) mass is 503 g/mol. The summed E-state index contributed by atoms with van der Waals surface area (Å²) >= 11 is 0. The zero-order valence-electron chi connectivity index (χ0n) is 21.2. The summed E-state index contributed by atoms with van der Waals surface area (Å²) in [4.78, 5) is 29.5. The van der Waals surface area contributed by atoms with E-state index in [0.29, 0.717) is 12.1 Å². The van der Waals surface area contributed by atoms with Crippen molar-refractivity contribution in [2.75, 3.05) is 0 Å². The summed E-state index contributed by atoms with van der Waals surface area (Å²) in [5, 5.41) is 11.5. The second-order valence-corrected chi connectivity index (χ2v) is 9.21. The molecule has 7 nitrogen and oxygen atoms in total. The van der Waals surface area contributed by atoms with Gasteiger partial charge in [0.05, 0.1) is 5.52 Å². The number of nitrogens with zero attached hydrogens (tertiary/aromatic N) is 4. The van der Waals surface area contributed by atoms with Crippen LogP contribution in [0.1, 0.15) is 28.3 Å². The zero-order valence-corrected chi connectivity index (χ0v) is 21.2. The predicted octanol–water partition coefficient (Wildman–Crippen LogP) is 4.83. The third-order valence-corrected chi connectivity index (χ3v) is 6.57. The number of carbonyl (C=O) groups excluding carboxylic acids is 2. The average Bonchev–Trinajstić information content (AvgIpc) is 3.36. The van der Waals surface area contributed by atoms with E-state index in [4.69, 9.17) is 0 Å². The summed E-state index contributed by atoms with van der Waals surface area (Å²) in [5.41, 5.74) is 5.11. The second-order valence-electron chi connectivity index (χ2n) is 9.21. The molecule has 190 valence electrons. The van der Waals surface area contributed by atoms with Gasteiger partial charge >= 0.3 is 0 Å². The van der Waals surface area contributed by atoms with Crippen LogP contribution in [0.5, 0.6) is 0 Å². The van der Waals surface area contributed by atoms with Crippen LogP contribution in [0, 0.1) is 6.92 Å². The molecule has 0 aliphatic heterocycles. The van der Waals surface area contributed by atoms with Crippen LogP contribution in [0.15, 0.2) is 109 Å². The van der Waals surface area contributed by atoms with Crippen molar-refractivity contribution in [3.05, 3.63) is 131 Å². The minimum atomic E-state index is -0.831. The van der Waals surface area contributed by atoms with Gasteiger partial charge in [-0.05, 0) is 41.3 Å². The van der Waals surface area contributed by atoms with Crippen LogP contribution in [0.2, 0.25) is 0 Å². The predicted molar refractivity (Wildman–Crippen MR) is 147 cm³/mol. The van der Waals surface area contributed by atoms with Crippen molar-refractivity contribution in [3.8, 4) is 0 Å². The largest absolute Gasteiger partial charge is 0.350 e. The van der Waals surface area contributed by atoms with Crippen LogP contribution in [-0.2, 0) is 29.2 Å². The molecule has 38 heavy (non-hydrogen) atoms. The molecular formula is C31H29N5O2. The number of amides is 2. The van der Waals surface area contributed by atoms with Crippen molar-refractivity contribution in [3.63, 3.8) is 0 Å². The molecule has 1 heterocycles. The molecule has 0 aliphatic carbocycles. The molecule has 0 fully saturated rings. The highest BCUT2D eigenvalue weighted by atomic mass is 16.2. The molecule has 5 rings (SSSR count). The number of aryl methyl sites for hydroxylation is 1. The number of aromatic nitrogens is 3. The SMILES string of the molecule is Cc1ccccc1C(C(=O)NCc1ccccc1)N(Cc1ccccc1)C(=O)Cn1nnc2ccccc21.